The first kappa shape index (κ1) is 17.1. The van der Waals surface area contributed by atoms with Crippen LogP contribution in [0.25, 0.3) is 22.0 Å². The van der Waals surface area contributed by atoms with Gasteiger partial charge in [0.05, 0.1) is 10.6 Å². The smallest absolute Gasteiger partial charge is 0.258 e. The van der Waals surface area contributed by atoms with Crippen molar-refractivity contribution in [2.45, 2.75) is 6.92 Å². The second-order valence-corrected chi connectivity index (χ2v) is 7.10. The molecule has 0 saturated carbocycles. The highest BCUT2D eigenvalue weighted by atomic mass is 32.1. The van der Waals surface area contributed by atoms with Crippen molar-refractivity contribution in [3.05, 3.63) is 83.2 Å². The van der Waals surface area contributed by atoms with E-state index in [1.165, 1.54) is 18.3 Å². The van der Waals surface area contributed by atoms with Crippen molar-refractivity contribution in [2.75, 3.05) is 5.32 Å². The summed E-state index contributed by atoms with van der Waals surface area (Å²) in [6, 6.07) is 22.9. The molecule has 0 aliphatic heterocycles. The number of nitrogens with one attached hydrogen (secondary N) is 1. The highest BCUT2D eigenvalue weighted by Crippen LogP contribution is 2.32. The lowest BCUT2D eigenvalue weighted by atomic mass is 10.0. The number of Topliss-reactive ketones (excluding diaryl/α,β-unsaturated/α-hetero) is 1. The van der Waals surface area contributed by atoms with E-state index in [2.05, 4.69) is 10.3 Å². The standard InChI is InChI=1S/C22H16N2O2S/c1-14(25)20-19(16-9-3-2-4-10-16)23-22(27-20)24-21(26)18-13-7-11-15-8-5-6-12-17(15)18/h2-13H,1H3,(H,23,24,26). The van der Waals surface area contributed by atoms with Crippen LogP contribution in [-0.2, 0) is 0 Å². The van der Waals surface area contributed by atoms with Crippen LogP contribution in [0.15, 0.2) is 72.8 Å². The van der Waals surface area contributed by atoms with Gasteiger partial charge in [-0.25, -0.2) is 4.98 Å². The number of hydrogen-bond donors (Lipinski definition) is 1. The van der Waals surface area contributed by atoms with Crippen LogP contribution in [0.1, 0.15) is 27.0 Å². The molecular formula is C22H16N2O2S. The van der Waals surface area contributed by atoms with Crippen molar-refractivity contribution >= 4 is 38.9 Å². The number of anilines is 1. The molecule has 1 N–H and O–H groups in total. The Labute approximate surface area is 160 Å². The molecule has 5 heteroatoms. The predicted molar refractivity (Wildman–Crippen MR) is 109 cm³/mol. The third-order valence-electron chi connectivity index (χ3n) is 4.25. The number of hydrogen-bond acceptors (Lipinski definition) is 4. The highest BCUT2D eigenvalue weighted by Gasteiger charge is 2.19. The number of carbonyl (C=O) groups excluding carboxylic acids is 2. The predicted octanol–water partition coefficient (Wildman–Crippen LogP) is 5.42. The average molecular weight is 372 g/mol. The van der Waals surface area contributed by atoms with E-state index in [4.69, 9.17) is 0 Å². The molecule has 132 valence electrons. The van der Waals surface area contributed by atoms with Gasteiger partial charge in [0, 0.05) is 18.1 Å². The molecule has 1 aromatic heterocycles. The molecule has 0 atom stereocenters. The molecule has 0 unspecified atom stereocenters. The Morgan fingerprint density at radius 3 is 2.37 bits per heavy atom. The van der Waals surface area contributed by atoms with Crippen molar-refractivity contribution in [2.24, 2.45) is 0 Å². The van der Waals surface area contributed by atoms with Crippen LogP contribution in [0.2, 0.25) is 0 Å². The minimum absolute atomic E-state index is 0.0722. The molecule has 0 aliphatic carbocycles. The molecule has 0 radical (unpaired) electrons. The van der Waals surface area contributed by atoms with Crippen molar-refractivity contribution < 1.29 is 9.59 Å². The lowest BCUT2D eigenvalue weighted by molar-refractivity contribution is 0.101. The third kappa shape index (κ3) is 3.37. The third-order valence-corrected chi connectivity index (χ3v) is 5.32. The van der Waals surface area contributed by atoms with E-state index >= 15 is 0 Å². The maximum Gasteiger partial charge on any atom is 0.258 e. The Morgan fingerprint density at radius 1 is 0.889 bits per heavy atom. The van der Waals surface area contributed by atoms with E-state index in [0.29, 0.717) is 21.3 Å². The van der Waals surface area contributed by atoms with Gasteiger partial charge in [0.25, 0.3) is 5.91 Å². The first-order valence-electron chi connectivity index (χ1n) is 8.50. The van der Waals surface area contributed by atoms with Gasteiger partial charge in [0.1, 0.15) is 0 Å². The molecule has 4 rings (SSSR count). The van der Waals surface area contributed by atoms with E-state index in [9.17, 15) is 9.59 Å². The normalized spacial score (nSPS) is 10.7. The van der Waals surface area contributed by atoms with Gasteiger partial charge in [-0.05, 0) is 16.8 Å². The molecule has 0 fully saturated rings. The maximum atomic E-state index is 12.8. The zero-order valence-electron chi connectivity index (χ0n) is 14.6. The summed E-state index contributed by atoms with van der Waals surface area (Å²) < 4.78 is 0. The fourth-order valence-corrected chi connectivity index (χ4v) is 3.87. The number of thiazole rings is 1. The molecule has 1 amide bonds. The van der Waals surface area contributed by atoms with Crippen molar-refractivity contribution in [1.29, 1.82) is 0 Å². The quantitative estimate of drug-likeness (QED) is 0.487. The van der Waals surface area contributed by atoms with E-state index in [0.717, 1.165) is 16.3 Å². The van der Waals surface area contributed by atoms with Crippen LogP contribution in [0.4, 0.5) is 5.13 Å². The molecule has 0 spiro atoms. The van der Waals surface area contributed by atoms with Crippen molar-refractivity contribution in [1.82, 2.24) is 4.98 Å². The molecule has 1 heterocycles. The number of rotatable bonds is 4. The number of carbonyl (C=O) groups is 2. The second kappa shape index (κ2) is 7.13. The Bertz CT molecular complexity index is 1140. The summed E-state index contributed by atoms with van der Waals surface area (Å²) in [5.74, 6) is -0.313. The van der Waals surface area contributed by atoms with Crippen LogP contribution in [-0.4, -0.2) is 16.7 Å². The minimum atomic E-state index is -0.240. The minimum Gasteiger partial charge on any atom is -0.298 e. The van der Waals surface area contributed by atoms with Crippen LogP contribution in [0, 0.1) is 0 Å². The summed E-state index contributed by atoms with van der Waals surface area (Å²) in [6.45, 7) is 1.51. The SMILES string of the molecule is CC(=O)c1sc(NC(=O)c2cccc3ccccc23)nc1-c1ccccc1. The Balaban J connectivity index is 1.70. The monoisotopic (exact) mass is 372 g/mol. The fraction of sp³-hybridized carbons (Fsp3) is 0.0455. The van der Waals surface area contributed by atoms with Crippen LogP contribution >= 0.6 is 11.3 Å². The molecular weight excluding hydrogens is 356 g/mol. The molecule has 3 aromatic carbocycles. The van der Waals surface area contributed by atoms with Crippen LogP contribution in [0.5, 0.6) is 0 Å². The Kier molecular flexibility index (Phi) is 4.52. The maximum absolute atomic E-state index is 12.8. The van der Waals surface area contributed by atoms with Crippen molar-refractivity contribution in [3.63, 3.8) is 0 Å². The van der Waals surface area contributed by atoms with Gasteiger partial charge >= 0.3 is 0 Å². The first-order chi connectivity index (χ1) is 13.1. The summed E-state index contributed by atoms with van der Waals surface area (Å²) >= 11 is 1.20. The van der Waals surface area contributed by atoms with E-state index < -0.39 is 0 Å². The van der Waals surface area contributed by atoms with Gasteiger partial charge < -0.3 is 0 Å². The zero-order chi connectivity index (χ0) is 18.8. The van der Waals surface area contributed by atoms with Gasteiger partial charge in [0.15, 0.2) is 10.9 Å². The molecule has 27 heavy (non-hydrogen) atoms. The van der Waals surface area contributed by atoms with E-state index in [1.54, 1.807) is 6.07 Å². The Morgan fingerprint density at radius 2 is 1.59 bits per heavy atom. The van der Waals surface area contributed by atoms with Gasteiger partial charge in [-0.1, -0.05) is 78.1 Å². The Hall–Kier alpha value is -3.31. The second-order valence-electron chi connectivity index (χ2n) is 6.10. The lowest BCUT2D eigenvalue weighted by Crippen LogP contribution is -2.12. The van der Waals surface area contributed by atoms with Gasteiger partial charge in [-0.15, -0.1) is 0 Å². The fourth-order valence-electron chi connectivity index (χ4n) is 2.99. The summed E-state index contributed by atoms with van der Waals surface area (Å²) in [4.78, 5) is 29.9. The summed E-state index contributed by atoms with van der Waals surface area (Å²) in [7, 11) is 0. The van der Waals surface area contributed by atoms with Crippen LogP contribution in [0.3, 0.4) is 0 Å². The van der Waals surface area contributed by atoms with Gasteiger partial charge in [0.2, 0.25) is 0 Å². The first-order valence-corrected chi connectivity index (χ1v) is 9.31. The highest BCUT2D eigenvalue weighted by molar-refractivity contribution is 7.18. The molecule has 4 aromatic rings. The van der Waals surface area contributed by atoms with Gasteiger partial charge in [-0.2, -0.15) is 0 Å². The summed E-state index contributed by atoms with van der Waals surface area (Å²) in [5, 5.41) is 5.14. The van der Waals surface area contributed by atoms with Crippen LogP contribution < -0.4 is 5.32 Å². The van der Waals surface area contributed by atoms with E-state index in [-0.39, 0.29) is 11.7 Å². The largest absolute Gasteiger partial charge is 0.298 e. The number of amides is 1. The number of benzene rings is 3. The number of ketones is 1. The lowest BCUT2D eigenvalue weighted by Gasteiger charge is -2.06. The zero-order valence-corrected chi connectivity index (χ0v) is 15.4. The van der Waals surface area contributed by atoms with Gasteiger partial charge in [-0.3, -0.25) is 14.9 Å². The molecule has 4 nitrogen and oxygen atoms in total. The molecule has 0 saturated heterocycles. The summed E-state index contributed by atoms with van der Waals surface area (Å²) in [6.07, 6.45) is 0. The van der Waals surface area contributed by atoms with Crippen molar-refractivity contribution in [3.8, 4) is 11.3 Å². The number of nitrogens with zero attached hydrogens (tertiary/aromatic N) is 1. The van der Waals surface area contributed by atoms with E-state index in [1.807, 2.05) is 66.7 Å². The molecule has 0 aliphatic rings. The topological polar surface area (TPSA) is 59.1 Å². The number of fused-ring (bicyclic) bond motifs is 1. The number of aromatic nitrogens is 1. The molecule has 0 bridgehead atoms. The average Bonchev–Trinajstić information content (AvgIpc) is 3.12. The summed E-state index contributed by atoms with van der Waals surface area (Å²) in [5.41, 5.74) is 2.03.